The van der Waals surface area contributed by atoms with Crippen molar-refractivity contribution in [2.75, 3.05) is 19.7 Å². The van der Waals surface area contributed by atoms with Crippen LogP contribution < -0.4 is 5.32 Å². The molecule has 1 heterocycles. The Morgan fingerprint density at radius 1 is 1.00 bits per heavy atom. The molecule has 1 N–H and O–H groups in total. The van der Waals surface area contributed by atoms with E-state index in [2.05, 4.69) is 5.32 Å². The fraction of sp³-hybridized carbons (Fsp3) is 0.391. The number of esters is 1. The first kappa shape index (κ1) is 23.0. The Kier molecular flexibility index (Phi) is 7.46. The van der Waals surface area contributed by atoms with Crippen LogP contribution in [0.15, 0.2) is 59.5 Å². The Hall–Kier alpha value is -2.71. The largest absolute Gasteiger partial charge is 0.452 e. The van der Waals surface area contributed by atoms with Gasteiger partial charge in [-0.3, -0.25) is 4.79 Å². The summed E-state index contributed by atoms with van der Waals surface area (Å²) in [6.45, 7) is 5.02. The van der Waals surface area contributed by atoms with Crippen molar-refractivity contribution in [1.82, 2.24) is 9.62 Å². The van der Waals surface area contributed by atoms with E-state index < -0.39 is 28.5 Å². The number of piperidine rings is 1. The Morgan fingerprint density at radius 2 is 1.61 bits per heavy atom. The third-order valence-corrected chi connectivity index (χ3v) is 7.08. The number of carbonyl (C=O) groups excluding carboxylic acids is 2. The van der Waals surface area contributed by atoms with E-state index in [4.69, 9.17) is 4.74 Å². The molecule has 1 saturated heterocycles. The van der Waals surface area contributed by atoms with Gasteiger partial charge in [0.25, 0.3) is 5.91 Å². The van der Waals surface area contributed by atoms with Crippen LogP contribution in [0.4, 0.5) is 0 Å². The SMILES string of the molecule is C[C@H]1C[C@H](C)CN(S(=O)(=O)c2ccc(C(=O)OCC(=O)NCc3ccccc3)cc2)C1. The molecule has 2 atom stereocenters. The molecule has 0 aromatic heterocycles. The zero-order chi connectivity index (χ0) is 22.4. The van der Waals surface area contributed by atoms with Crippen molar-refractivity contribution in [3.63, 3.8) is 0 Å². The summed E-state index contributed by atoms with van der Waals surface area (Å²) >= 11 is 0. The van der Waals surface area contributed by atoms with Gasteiger partial charge >= 0.3 is 5.97 Å². The van der Waals surface area contributed by atoms with Crippen LogP contribution in [0, 0.1) is 11.8 Å². The Balaban J connectivity index is 1.54. The highest BCUT2D eigenvalue weighted by molar-refractivity contribution is 7.89. The molecule has 1 aliphatic rings. The molecule has 166 valence electrons. The zero-order valence-corrected chi connectivity index (χ0v) is 18.6. The minimum absolute atomic E-state index is 0.144. The molecule has 2 aromatic carbocycles. The summed E-state index contributed by atoms with van der Waals surface area (Å²) in [5.41, 5.74) is 1.13. The fourth-order valence-electron chi connectivity index (χ4n) is 3.78. The molecule has 0 radical (unpaired) electrons. The molecule has 0 saturated carbocycles. The third-order valence-electron chi connectivity index (χ3n) is 5.23. The van der Waals surface area contributed by atoms with Crippen molar-refractivity contribution in [2.24, 2.45) is 11.8 Å². The molecule has 0 bridgehead atoms. The first-order valence-electron chi connectivity index (χ1n) is 10.3. The van der Waals surface area contributed by atoms with E-state index in [-0.39, 0.29) is 10.5 Å². The van der Waals surface area contributed by atoms with Crippen LogP contribution in [0.1, 0.15) is 36.2 Å². The van der Waals surface area contributed by atoms with Crippen molar-refractivity contribution >= 4 is 21.9 Å². The van der Waals surface area contributed by atoms with Crippen LogP contribution >= 0.6 is 0 Å². The zero-order valence-electron chi connectivity index (χ0n) is 17.8. The number of rotatable bonds is 7. The number of nitrogens with zero attached hydrogens (tertiary/aromatic N) is 1. The van der Waals surface area contributed by atoms with E-state index in [9.17, 15) is 18.0 Å². The summed E-state index contributed by atoms with van der Waals surface area (Å²) in [6, 6.07) is 15.0. The first-order valence-corrected chi connectivity index (χ1v) is 11.8. The number of ether oxygens (including phenoxy) is 1. The van der Waals surface area contributed by atoms with E-state index in [0.29, 0.717) is 31.5 Å². The predicted octanol–water partition coefficient (Wildman–Crippen LogP) is 2.83. The maximum absolute atomic E-state index is 12.9. The van der Waals surface area contributed by atoms with Gasteiger partial charge in [0.05, 0.1) is 10.5 Å². The van der Waals surface area contributed by atoms with Crippen LogP contribution in [0.2, 0.25) is 0 Å². The van der Waals surface area contributed by atoms with Crippen molar-refractivity contribution in [1.29, 1.82) is 0 Å². The van der Waals surface area contributed by atoms with Crippen molar-refractivity contribution in [3.05, 3.63) is 65.7 Å². The van der Waals surface area contributed by atoms with Crippen molar-refractivity contribution < 1.29 is 22.7 Å². The third kappa shape index (κ3) is 6.15. The minimum Gasteiger partial charge on any atom is -0.452 e. The maximum Gasteiger partial charge on any atom is 0.338 e. The number of hydrogen-bond donors (Lipinski definition) is 1. The highest BCUT2D eigenvalue weighted by atomic mass is 32.2. The van der Waals surface area contributed by atoms with Gasteiger partial charge in [-0.25, -0.2) is 13.2 Å². The van der Waals surface area contributed by atoms with Crippen LogP contribution in [-0.2, 0) is 26.1 Å². The molecule has 0 aliphatic carbocycles. The van der Waals surface area contributed by atoms with E-state index >= 15 is 0 Å². The molecule has 31 heavy (non-hydrogen) atoms. The summed E-state index contributed by atoms with van der Waals surface area (Å²) in [6.07, 6.45) is 1.01. The summed E-state index contributed by atoms with van der Waals surface area (Å²) in [7, 11) is -3.61. The van der Waals surface area contributed by atoms with Gasteiger partial charge in [-0.15, -0.1) is 0 Å². The quantitative estimate of drug-likeness (QED) is 0.663. The molecule has 1 amide bonds. The highest BCUT2D eigenvalue weighted by Crippen LogP contribution is 2.26. The average molecular weight is 445 g/mol. The molecule has 0 unspecified atom stereocenters. The summed E-state index contributed by atoms with van der Waals surface area (Å²) < 4.78 is 32.4. The second kappa shape index (κ2) is 10.1. The van der Waals surface area contributed by atoms with Crippen molar-refractivity contribution in [2.45, 2.75) is 31.7 Å². The van der Waals surface area contributed by atoms with E-state index in [1.807, 2.05) is 44.2 Å². The Labute approximate surface area is 183 Å². The molecule has 8 heteroatoms. The number of nitrogens with one attached hydrogen (secondary N) is 1. The summed E-state index contributed by atoms with van der Waals surface area (Å²) in [5, 5.41) is 2.68. The smallest absolute Gasteiger partial charge is 0.338 e. The standard InChI is InChI=1S/C23H28N2O5S/c1-17-12-18(2)15-25(14-17)31(28,29)21-10-8-20(9-11-21)23(27)30-16-22(26)24-13-19-6-4-3-5-7-19/h3-11,17-18H,12-16H2,1-2H3,(H,24,26)/t17-,18-/m0/s1. The van der Waals surface area contributed by atoms with Gasteiger partial charge in [0.15, 0.2) is 6.61 Å². The van der Waals surface area contributed by atoms with Crippen LogP contribution in [-0.4, -0.2) is 44.3 Å². The van der Waals surface area contributed by atoms with Crippen LogP contribution in [0.3, 0.4) is 0 Å². The van der Waals surface area contributed by atoms with Crippen LogP contribution in [0.5, 0.6) is 0 Å². The van der Waals surface area contributed by atoms with Gasteiger partial charge in [-0.1, -0.05) is 44.2 Å². The lowest BCUT2D eigenvalue weighted by Crippen LogP contribution is -2.42. The number of carbonyl (C=O) groups is 2. The normalized spacial score (nSPS) is 19.5. The Morgan fingerprint density at radius 3 is 2.23 bits per heavy atom. The number of amides is 1. The molecule has 1 fully saturated rings. The predicted molar refractivity (Wildman–Crippen MR) is 117 cm³/mol. The molecule has 7 nitrogen and oxygen atoms in total. The van der Waals surface area contributed by atoms with Gasteiger partial charge in [0.2, 0.25) is 10.0 Å². The molecular formula is C23H28N2O5S. The second-order valence-corrected chi connectivity index (χ2v) is 10.1. The summed E-state index contributed by atoms with van der Waals surface area (Å²) in [4.78, 5) is 24.2. The van der Waals surface area contributed by atoms with E-state index in [1.54, 1.807) is 0 Å². The van der Waals surface area contributed by atoms with Gasteiger partial charge < -0.3 is 10.1 Å². The number of hydrogen-bond acceptors (Lipinski definition) is 5. The average Bonchev–Trinajstić information content (AvgIpc) is 2.76. The highest BCUT2D eigenvalue weighted by Gasteiger charge is 2.31. The van der Waals surface area contributed by atoms with Gasteiger partial charge in [-0.05, 0) is 48.1 Å². The molecular weight excluding hydrogens is 416 g/mol. The van der Waals surface area contributed by atoms with Crippen molar-refractivity contribution in [3.8, 4) is 0 Å². The monoisotopic (exact) mass is 444 g/mol. The maximum atomic E-state index is 12.9. The number of sulfonamides is 1. The Bertz CT molecular complexity index is 996. The van der Waals surface area contributed by atoms with Crippen LogP contribution in [0.25, 0.3) is 0 Å². The first-order chi connectivity index (χ1) is 14.8. The van der Waals surface area contributed by atoms with Gasteiger partial charge in [0.1, 0.15) is 0 Å². The summed E-state index contributed by atoms with van der Waals surface area (Å²) in [5.74, 6) is -0.481. The van der Waals surface area contributed by atoms with E-state index in [0.717, 1.165) is 12.0 Å². The van der Waals surface area contributed by atoms with E-state index in [1.165, 1.54) is 28.6 Å². The lowest BCUT2D eigenvalue weighted by molar-refractivity contribution is -0.124. The fourth-order valence-corrected chi connectivity index (χ4v) is 5.46. The number of benzene rings is 2. The minimum atomic E-state index is -3.61. The lowest BCUT2D eigenvalue weighted by Gasteiger charge is -2.34. The van der Waals surface area contributed by atoms with Gasteiger partial charge in [-0.2, -0.15) is 4.31 Å². The van der Waals surface area contributed by atoms with Gasteiger partial charge in [0, 0.05) is 19.6 Å². The molecule has 3 rings (SSSR count). The lowest BCUT2D eigenvalue weighted by atomic mass is 9.94. The molecule has 0 spiro atoms. The second-order valence-electron chi connectivity index (χ2n) is 8.13. The topological polar surface area (TPSA) is 92.8 Å². The molecule has 2 aromatic rings. The molecule has 1 aliphatic heterocycles.